The number of alkyl halides is 1. The van der Waals surface area contributed by atoms with Gasteiger partial charge >= 0.3 is 6.09 Å². The molecule has 0 aromatic heterocycles. The number of carbonyl (C=O) groups excluding carboxylic acids is 3. The van der Waals surface area contributed by atoms with Crippen molar-refractivity contribution in [2.45, 2.75) is 43.2 Å². The van der Waals surface area contributed by atoms with Gasteiger partial charge < -0.3 is 25.8 Å². The van der Waals surface area contributed by atoms with Crippen LogP contribution in [-0.4, -0.2) is 47.1 Å². The molecule has 0 saturated carbocycles. The highest BCUT2D eigenvalue weighted by molar-refractivity contribution is 6.18. The Hall–Kier alpha value is -5.44. The Labute approximate surface area is 297 Å². The normalized spacial score (nSPS) is 12.9. The molecule has 5 rings (SSSR count). The van der Waals surface area contributed by atoms with Crippen LogP contribution in [0.1, 0.15) is 34.2 Å². The molecule has 0 heterocycles. The number of rotatable bonds is 15. The van der Waals surface area contributed by atoms with Crippen LogP contribution in [0.5, 0.6) is 0 Å². The van der Waals surface area contributed by atoms with Gasteiger partial charge in [-0.05, 0) is 34.2 Å². The van der Waals surface area contributed by atoms with E-state index in [0.717, 1.165) is 27.8 Å². The number of amides is 3. The number of aliphatic hydroxyl groups is 1. The van der Waals surface area contributed by atoms with Crippen molar-refractivity contribution in [2.75, 3.05) is 5.88 Å². The summed E-state index contributed by atoms with van der Waals surface area (Å²) in [6.07, 6.45) is -2.13. The van der Waals surface area contributed by atoms with Crippen LogP contribution in [0.4, 0.5) is 4.79 Å². The number of nitrogens with one attached hydrogen (secondary N) is 3. The molecule has 0 aliphatic carbocycles. The zero-order valence-corrected chi connectivity index (χ0v) is 28.2. The maximum Gasteiger partial charge on any atom is 0.408 e. The molecule has 256 valence electrons. The topological polar surface area (TPSA) is 117 Å². The number of halogens is 1. The number of aliphatic hydroxyl groups excluding tert-OH is 1. The van der Waals surface area contributed by atoms with Crippen LogP contribution in [0.25, 0.3) is 0 Å². The zero-order valence-electron chi connectivity index (χ0n) is 27.5. The molecule has 0 fully saturated rings. The summed E-state index contributed by atoms with van der Waals surface area (Å²) in [5.41, 5.74) is 2.89. The van der Waals surface area contributed by atoms with E-state index >= 15 is 0 Å². The fraction of sp³-hybridized carbons (Fsp3) is 0.195. The summed E-state index contributed by atoms with van der Waals surface area (Å²) in [6.45, 7) is -0.0338. The van der Waals surface area contributed by atoms with E-state index in [1.807, 2.05) is 152 Å². The van der Waals surface area contributed by atoms with E-state index in [9.17, 15) is 19.5 Å². The van der Waals surface area contributed by atoms with Crippen LogP contribution in [-0.2, 0) is 32.9 Å². The monoisotopic (exact) mass is 689 g/mol. The van der Waals surface area contributed by atoms with Crippen molar-refractivity contribution in [3.63, 3.8) is 0 Å². The molecule has 0 bridgehead atoms. The number of alkyl carbamates (subject to hydrolysis) is 1. The second kappa shape index (κ2) is 17.8. The summed E-state index contributed by atoms with van der Waals surface area (Å²) < 4.78 is 5.44. The number of carbonyl (C=O) groups is 3. The summed E-state index contributed by atoms with van der Waals surface area (Å²) in [6, 6.07) is 45.0. The van der Waals surface area contributed by atoms with E-state index in [1.165, 1.54) is 0 Å². The highest BCUT2D eigenvalue weighted by Gasteiger charge is 2.39. The molecule has 1 unspecified atom stereocenters. The summed E-state index contributed by atoms with van der Waals surface area (Å²) in [4.78, 5) is 41.4. The molecular formula is C41H40ClN3O5. The molecule has 9 heteroatoms. The largest absolute Gasteiger partial charge is 0.445 e. The molecular weight excluding hydrogens is 650 g/mol. The molecule has 50 heavy (non-hydrogen) atoms. The van der Waals surface area contributed by atoms with E-state index in [4.69, 9.17) is 16.3 Å². The number of benzene rings is 5. The van der Waals surface area contributed by atoms with Crippen molar-refractivity contribution in [1.29, 1.82) is 0 Å². The van der Waals surface area contributed by atoms with Crippen LogP contribution in [0, 0.1) is 0 Å². The maximum absolute atomic E-state index is 14.3. The summed E-state index contributed by atoms with van der Waals surface area (Å²) in [5.74, 6) is -1.32. The predicted molar refractivity (Wildman–Crippen MR) is 194 cm³/mol. The third-order valence-electron chi connectivity index (χ3n) is 8.41. The van der Waals surface area contributed by atoms with Crippen molar-refractivity contribution in [3.05, 3.63) is 179 Å². The fourth-order valence-electron chi connectivity index (χ4n) is 5.88. The van der Waals surface area contributed by atoms with Gasteiger partial charge in [-0.1, -0.05) is 152 Å². The molecule has 3 amide bonds. The maximum atomic E-state index is 14.3. The molecule has 8 nitrogen and oxygen atoms in total. The van der Waals surface area contributed by atoms with Gasteiger partial charge in [0.2, 0.25) is 11.8 Å². The van der Waals surface area contributed by atoms with Gasteiger partial charge in [0.05, 0.1) is 24.4 Å². The third-order valence-corrected chi connectivity index (χ3v) is 8.72. The zero-order chi connectivity index (χ0) is 35.2. The van der Waals surface area contributed by atoms with Crippen LogP contribution in [0.3, 0.4) is 0 Å². The molecule has 0 saturated heterocycles. The first-order valence-corrected chi connectivity index (χ1v) is 17.0. The minimum atomic E-state index is -1.36. The minimum absolute atomic E-state index is 0.0338. The van der Waals surface area contributed by atoms with Crippen LogP contribution >= 0.6 is 11.6 Å². The van der Waals surface area contributed by atoms with Gasteiger partial charge in [-0.15, -0.1) is 11.6 Å². The number of ether oxygens (including phenoxy) is 1. The van der Waals surface area contributed by atoms with Crippen LogP contribution in [0.15, 0.2) is 152 Å². The molecule has 4 N–H and O–H groups in total. The second-order valence-corrected chi connectivity index (χ2v) is 12.2. The van der Waals surface area contributed by atoms with Crippen LogP contribution < -0.4 is 16.0 Å². The molecule has 0 radical (unpaired) electrons. The average molecular weight is 690 g/mol. The van der Waals surface area contributed by atoms with Gasteiger partial charge in [0.15, 0.2) is 0 Å². The lowest BCUT2D eigenvalue weighted by Crippen LogP contribution is -2.56. The first-order valence-electron chi connectivity index (χ1n) is 16.4. The van der Waals surface area contributed by atoms with Gasteiger partial charge in [0, 0.05) is 0 Å². The Morgan fingerprint density at radius 1 is 0.640 bits per heavy atom. The SMILES string of the molecule is O=C(C[C@H](NC(=O)OCc1ccccc1)C(=O)N[C@@H](Cc1ccccc1)C(O)CCl)NC(c1ccccc1)(c1ccccc1)c1ccccc1. The van der Waals surface area contributed by atoms with Crippen molar-refractivity contribution in [3.8, 4) is 0 Å². The van der Waals surface area contributed by atoms with Gasteiger partial charge in [-0.3, -0.25) is 9.59 Å². The standard InChI is InChI=1S/C41H40ClN3O5/c42-28-37(46)35(26-30-16-6-1-7-17-30)43-39(48)36(44-40(49)50-29-31-18-8-2-9-19-31)27-38(47)45-41(32-20-10-3-11-21-32,33-22-12-4-13-23-33)34-24-14-5-15-25-34/h1-25,35-37,46H,26-29H2,(H,43,48)(H,44,49)(H,45,47)/t35-,36-,37?/m0/s1. The Bertz CT molecular complexity index is 1700. The first-order chi connectivity index (χ1) is 24.4. The highest BCUT2D eigenvalue weighted by atomic mass is 35.5. The predicted octanol–water partition coefficient (Wildman–Crippen LogP) is 6.11. The quantitative estimate of drug-likeness (QED) is 0.0783. The number of hydrogen-bond acceptors (Lipinski definition) is 5. The highest BCUT2D eigenvalue weighted by Crippen LogP contribution is 2.37. The van der Waals surface area contributed by atoms with Crippen molar-refractivity contribution in [2.24, 2.45) is 0 Å². The van der Waals surface area contributed by atoms with Gasteiger partial charge in [-0.25, -0.2) is 4.79 Å². The molecule has 0 aliphatic rings. The molecule has 3 atom stereocenters. The van der Waals surface area contributed by atoms with Gasteiger partial charge in [0.1, 0.15) is 18.2 Å². The molecule has 5 aromatic rings. The lowest BCUT2D eigenvalue weighted by atomic mass is 9.77. The van der Waals surface area contributed by atoms with E-state index in [2.05, 4.69) is 16.0 Å². The van der Waals surface area contributed by atoms with E-state index < -0.39 is 48.1 Å². The Morgan fingerprint density at radius 3 is 1.54 bits per heavy atom. The van der Waals surface area contributed by atoms with Crippen molar-refractivity contribution >= 4 is 29.5 Å². The summed E-state index contributed by atoms with van der Waals surface area (Å²) in [7, 11) is 0. The smallest absolute Gasteiger partial charge is 0.408 e. The fourth-order valence-corrected chi connectivity index (χ4v) is 6.10. The molecule has 5 aromatic carbocycles. The second-order valence-electron chi connectivity index (χ2n) is 11.9. The van der Waals surface area contributed by atoms with E-state index in [0.29, 0.717) is 0 Å². The average Bonchev–Trinajstić information content (AvgIpc) is 3.17. The first kappa shape index (κ1) is 35.9. The Balaban J connectivity index is 1.45. The summed E-state index contributed by atoms with van der Waals surface area (Å²) >= 11 is 6.04. The Morgan fingerprint density at radius 2 is 1.08 bits per heavy atom. The van der Waals surface area contributed by atoms with Crippen molar-refractivity contribution < 1.29 is 24.2 Å². The Kier molecular flexibility index (Phi) is 12.8. The number of hydrogen-bond donors (Lipinski definition) is 4. The minimum Gasteiger partial charge on any atom is -0.445 e. The third kappa shape index (κ3) is 9.37. The van der Waals surface area contributed by atoms with Gasteiger partial charge in [0.25, 0.3) is 0 Å². The molecule has 0 spiro atoms. The van der Waals surface area contributed by atoms with Crippen molar-refractivity contribution in [1.82, 2.24) is 16.0 Å². The van der Waals surface area contributed by atoms with E-state index in [-0.39, 0.29) is 18.9 Å². The van der Waals surface area contributed by atoms with Gasteiger partial charge in [-0.2, -0.15) is 0 Å². The lowest BCUT2D eigenvalue weighted by molar-refractivity contribution is -0.129. The lowest BCUT2D eigenvalue weighted by Gasteiger charge is -2.37. The molecule has 0 aliphatic heterocycles. The van der Waals surface area contributed by atoms with E-state index in [1.54, 1.807) is 0 Å². The summed E-state index contributed by atoms with van der Waals surface area (Å²) in [5, 5.41) is 19.5. The van der Waals surface area contributed by atoms with Crippen LogP contribution in [0.2, 0.25) is 0 Å².